The third-order valence-corrected chi connectivity index (χ3v) is 4.92. The molecule has 0 saturated carbocycles. The summed E-state index contributed by atoms with van der Waals surface area (Å²) in [7, 11) is 0. The minimum Gasteiger partial charge on any atom is -0.482 e. The van der Waals surface area contributed by atoms with Gasteiger partial charge in [0, 0.05) is 23.4 Å². The highest BCUT2D eigenvalue weighted by Crippen LogP contribution is 2.31. The minimum atomic E-state index is -1.12. The fourth-order valence-corrected chi connectivity index (χ4v) is 3.35. The molecule has 3 aromatic rings. The van der Waals surface area contributed by atoms with Gasteiger partial charge in [-0.3, -0.25) is 24.5 Å². The first-order valence-electron chi connectivity index (χ1n) is 9.78. The van der Waals surface area contributed by atoms with Crippen LogP contribution in [0.1, 0.15) is 31.1 Å². The molecule has 0 radical (unpaired) electrons. The van der Waals surface area contributed by atoms with Gasteiger partial charge in [0.1, 0.15) is 5.75 Å². The van der Waals surface area contributed by atoms with Crippen molar-refractivity contribution in [2.45, 2.75) is 0 Å². The first kappa shape index (κ1) is 22.1. The summed E-state index contributed by atoms with van der Waals surface area (Å²) in [4.78, 5) is 60.1. The smallest absolute Gasteiger partial charge is 0.341 e. The van der Waals surface area contributed by atoms with Crippen LogP contribution in [-0.4, -0.2) is 40.3 Å². The molecule has 0 aromatic heterocycles. The highest BCUT2D eigenvalue weighted by molar-refractivity contribution is 6.34. The Labute approximate surface area is 191 Å². The van der Waals surface area contributed by atoms with E-state index in [0.717, 1.165) is 17.0 Å². The van der Waals surface area contributed by atoms with Gasteiger partial charge < -0.3 is 15.2 Å². The molecule has 0 saturated heterocycles. The Kier molecular flexibility index (Phi) is 5.75. The summed E-state index contributed by atoms with van der Waals surface area (Å²) < 4.78 is 5.03. The van der Waals surface area contributed by atoms with Gasteiger partial charge in [-0.1, -0.05) is 6.07 Å². The number of hydrogen-bond donors (Lipinski definition) is 2. The Morgan fingerprint density at radius 2 is 1.68 bits per heavy atom. The average molecular weight is 461 g/mol. The summed E-state index contributed by atoms with van der Waals surface area (Å²) in [5, 5.41) is 22.3. The van der Waals surface area contributed by atoms with Crippen LogP contribution in [0.3, 0.4) is 0 Å². The van der Waals surface area contributed by atoms with E-state index in [1.807, 2.05) is 0 Å². The third kappa shape index (κ3) is 4.30. The van der Waals surface area contributed by atoms with E-state index in [2.05, 4.69) is 5.32 Å². The summed E-state index contributed by atoms with van der Waals surface area (Å²) in [5.41, 5.74) is 0.348. The van der Waals surface area contributed by atoms with Gasteiger partial charge in [-0.2, -0.15) is 0 Å². The predicted octanol–water partition coefficient (Wildman–Crippen LogP) is 3.11. The molecule has 0 aliphatic carbocycles. The molecule has 0 unspecified atom stereocenters. The first-order valence-corrected chi connectivity index (χ1v) is 9.78. The molecule has 0 atom stereocenters. The van der Waals surface area contributed by atoms with Gasteiger partial charge in [0.05, 0.1) is 21.7 Å². The zero-order valence-electron chi connectivity index (χ0n) is 17.3. The van der Waals surface area contributed by atoms with Crippen LogP contribution in [0, 0.1) is 10.1 Å². The zero-order chi connectivity index (χ0) is 24.4. The van der Waals surface area contributed by atoms with Crippen LogP contribution in [0.25, 0.3) is 0 Å². The van der Waals surface area contributed by atoms with Crippen molar-refractivity contribution in [1.29, 1.82) is 0 Å². The van der Waals surface area contributed by atoms with Crippen molar-refractivity contribution in [3.63, 3.8) is 0 Å². The molecule has 34 heavy (non-hydrogen) atoms. The number of carboxylic acid groups (broad SMARTS) is 1. The molecule has 2 N–H and O–H groups in total. The number of nitro groups is 1. The third-order valence-electron chi connectivity index (χ3n) is 4.92. The molecule has 3 aromatic carbocycles. The number of amides is 3. The van der Waals surface area contributed by atoms with Crippen LogP contribution in [0.5, 0.6) is 5.75 Å². The number of anilines is 2. The zero-order valence-corrected chi connectivity index (χ0v) is 17.3. The number of carboxylic acids is 1. The quantitative estimate of drug-likeness (QED) is 0.309. The van der Waals surface area contributed by atoms with Crippen LogP contribution < -0.4 is 15.0 Å². The minimum absolute atomic E-state index is 0.0376. The number of aliphatic carboxylic acids is 1. The Bertz CT molecular complexity index is 1350. The number of fused-ring (bicyclic) bond motifs is 1. The van der Waals surface area contributed by atoms with Crippen molar-refractivity contribution in [3.05, 3.63) is 93.5 Å². The summed E-state index contributed by atoms with van der Waals surface area (Å²) in [5.74, 6) is -2.70. The normalized spacial score (nSPS) is 12.3. The molecular formula is C23H15N3O8. The Balaban J connectivity index is 1.52. The molecular weight excluding hydrogens is 446 g/mol. The summed E-state index contributed by atoms with van der Waals surface area (Å²) >= 11 is 0. The van der Waals surface area contributed by atoms with E-state index < -0.39 is 35.2 Å². The van der Waals surface area contributed by atoms with E-state index in [1.165, 1.54) is 54.6 Å². The molecule has 4 rings (SSSR count). The number of nitrogens with zero attached hydrogens (tertiary/aromatic N) is 2. The van der Waals surface area contributed by atoms with Gasteiger partial charge in [-0.25, -0.2) is 9.69 Å². The maximum Gasteiger partial charge on any atom is 0.341 e. The van der Waals surface area contributed by atoms with Crippen molar-refractivity contribution in [2.75, 3.05) is 16.8 Å². The van der Waals surface area contributed by atoms with Crippen molar-refractivity contribution in [2.24, 2.45) is 0 Å². The van der Waals surface area contributed by atoms with E-state index in [9.17, 15) is 29.3 Å². The topological polar surface area (TPSA) is 156 Å². The number of nitrogens with one attached hydrogen (secondary N) is 1. The number of imide groups is 1. The SMILES string of the molecule is O=C(O)COc1ccc(NC(=O)c2cccc(N3C(=O)c4ccc([N+](=O)[O-])cc4C3=O)c2)cc1. The van der Waals surface area contributed by atoms with E-state index in [0.29, 0.717) is 11.4 Å². The Morgan fingerprint density at radius 3 is 2.35 bits per heavy atom. The number of nitro benzene ring substituents is 1. The molecule has 11 nitrogen and oxygen atoms in total. The lowest BCUT2D eigenvalue weighted by atomic mass is 10.1. The molecule has 3 amide bonds. The standard InChI is InChI=1S/C23H15N3O8/c27-20(28)12-34-17-7-4-14(5-8-17)24-21(29)13-2-1-3-15(10-13)25-22(30)18-9-6-16(26(32)33)11-19(18)23(25)31/h1-11H,12H2,(H,24,29)(H,27,28). The van der Waals surface area contributed by atoms with Gasteiger partial charge in [0.25, 0.3) is 23.4 Å². The Hall–Kier alpha value is -5.06. The first-order chi connectivity index (χ1) is 16.2. The van der Waals surface area contributed by atoms with E-state index in [-0.39, 0.29) is 28.1 Å². The largest absolute Gasteiger partial charge is 0.482 e. The van der Waals surface area contributed by atoms with Gasteiger partial charge in [0.15, 0.2) is 6.61 Å². The molecule has 1 heterocycles. The summed E-state index contributed by atoms with van der Waals surface area (Å²) in [6.07, 6.45) is 0. The second kappa shape index (κ2) is 8.82. The highest BCUT2D eigenvalue weighted by atomic mass is 16.6. The molecule has 0 fully saturated rings. The Morgan fingerprint density at radius 1 is 0.971 bits per heavy atom. The number of carbonyl (C=O) groups is 4. The highest BCUT2D eigenvalue weighted by Gasteiger charge is 2.38. The molecule has 0 bridgehead atoms. The summed E-state index contributed by atoms with van der Waals surface area (Å²) in [6.45, 7) is -0.496. The van der Waals surface area contributed by atoms with Crippen molar-refractivity contribution in [1.82, 2.24) is 0 Å². The number of carbonyl (C=O) groups excluding carboxylic acids is 3. The fourth-order valence-electron chi connectivity index (χ4n) is 3.35. The average Bonchev–Trinajstić information content (AvgIpc) is 3.08. The maximum absolute atomic E-state index is 12.8. The predicted molar refractivity (Wildman–Crippen MR) is 118 cm³/mol. The van der Waals surface area contributed by atoms with Crippen molar-refractivity contribution >= 4 is 40.8 Å². The van der Waals surface area contributed by atoms with Crippen LogP contribution in [0.2, 0.25) is 0 Å². The lowest BCUT2D eigenvalue weighted by Crippen LogP contribution is -2.29. The van der Waals surface area contributed by atoms with Gasteiger partial charge in [-0.15, -0.1) is 0 Å². The fraction of sp³-hybridized carbons (Fsp3) is 0.0435. The molecule has 1 aliphatic heterocycles. The number of benzene rings is 3. The van der Waals surface area contributed by atoms with Crippen molar-refractivity contribution in [3.8, 4) is 5.75 Å². The van der Waals surface area contributed by atoms with Crippen LogP contribution >= 0.6 is 0 Å². The molecule has 1 aliphatic rings. The molecule has 11 heteroatoms. The number of non-ortho nitro benzene ring substituents is 1. The second-order valence-corrected chi connectivity index (χ2v) is 7.14. The lowest BCUT2D eigenvalue weighted by molar-refractivity contribution is -0.384. The van der Waals surface area contributed by atoms with Gasteiger partial charge >= 0.3 is 5.97 Å². The van der Waals surface area contributed by atoms with Gasteiger partial charge in [-0.05, 0) is 48.5 Å². The molecule has 170 valence electrons. The van der Waals surface area contributed by atoms with E-state index in [1.54, 1.807) is 0 Å². The molecule has 0 spiro atoms. The van der Waals surface area contributed by atoms with Gasteiger partial charge in [0.2, 0.25) is 0 Å². The van der Waals surface area contributed by atoms with Crippen LogP contribution in [0.15, 0.2) is 66.7 Å². The van der Waals surface area contributed by atoms with Crippen molar-refractivity contribution < 1.29 is 33.9 Å². The lowest BCUT2D eigenvalue weighted by Gasteiger charge is -2.15. The maximum atomic E-state index is 12.8. The number of rotatable bonds is 7. The van der Waals surface area contributed by atoms with Crippen LogP contribution in [0.4, 0.5) is 17.1 Å². The monoisotopic (exact) mass is 461 g/mol. The second-order valence-electron chi connectivity index (χ2n) is 7.14. The van der Waals surface area contributed by atoms with E-state index >= 15 is 0 Å². The summed E-state index contributed by atoms with van der Waals surface area (Å²) in [6, 6.07) is 15.3. The van der Waals surface area contributed by atoms with Crippen LogP contribution in [-0.2, 0) is 4.79 Å². The number of hydrogen-bond acceptors (Lipinski definition) is 7. The number of ether oxygens (including phenoxy) is 1. The van der Waals surface area contributed by atoms with E-state index in [4.69, 9.17) is 9.84 Å².